The normalized spacial score (nSPS) is 10.4. The summed E-state index contributed by atoms with van der Waals surface area (Å²) in [5.74, 6) is -0.127. The van der Waals surface area contributed by atoms with Crippen molar-refractivity contribution in [1.29, 1.82) is 0 Å². The van der Waals surface area contributed by atoms with Crippen LogP contribution >= 0.6 is 11.6 Å². The van der Waals surface area contributed by atoms with Crippen molar-refractivity contribution in [2.45, 2.75) is 19.5 Å². The molecular weight excluding hydrogens is 266 g/mol. The smallest absolute Gasteiger partial charge is 0.226 e. The monoisotopic (exact) mass is 279 g/mol. The molecule has 19 heavy (non-hydrogen) atoms. The van der Waals surface area contributed by atoms with Crippen LogP contribution in [0, 0.1) is 0 Å². The molecule has 100 valence electrons. The second-order valence-corrected chi connectivity index (χ2v) is 4.36. The van der Waals surface area contributed by atoms with Gasteiger partial charge >= 0.3 is 0 Å². The molecule has 0 aliphatic rings. The van der Waals surface area contributed by atoms with Gasteiger partial charge in [-0.15, -0.1) is 5.10 Å². The molecule has 6 nitrogen and oxygen atoms in total. The van der Waals surface area contributed by atoms with Crippen LogP contribution in [0.25, 0.3) is 0 Å². The molecule has 7 heteroatoms. The van der Waals surface area contributed by atoms with E-state index in [1.54, 1.807) is 23.0 Å². The van der Waals surface area contributed by atoms with E-state index < -0.39 is 0 Å². The molecule has 0 spiro atoms. The lowest BCUT2D eigenvalue weighted by Crippen LogP contribution is -2.15. The van der Waals surface area contributed by atoms with Gasteiger partial charge in [0.25, 0.3) is 0 Å². The molecule has 0 unspecified atom stereocenters. The summed E-state index contributed by atoms with van der Waals surface area (Å²) < 4.78 is 1.59. The molecule has 0 fully saturated rings. The van der Waals surface area contributed by atoms with Gasteiger partial charge in [-0.1, -0.05) is 28.9 Å². The van der Waals surface area contributed by atoms with Crippen molar-refractivity contribution in [1.82, 2.24) is 15.0 Å². The molecule has 2 aromatic rings. The predicted molar refractivity (Wildman–Crippen MR) is 72.6 cm³/mol. The van der Waals surface area contributed by atoms with E-state index in [0.717, 1.165) is 0 Å². The van der Waals surface area contributed by atoms with Gasteiger partial charge < -0.3 is 11.1 Å². The molecule has 0 saturated heterocycles. The Hall–Kier alpha value is -1.92. The molecule has 2 rings (SSSR count). The van der Waals surface area contributed by atoms with Crippen LogP contribution in [0.3, 0.4) is 0 Å². The minimum atomic E-state index is -0.127. The van der Waals surface area contributed by atoms with E-state index in [0.29, 0.717) is 35.9 Å². The van der Waals surface area contributed by atoms with E-state index in [4.69, 9.17) is 17.3 Å². The number of aryl methyl sites for hydroxylation is 1. The van der Waals surface area contributed by atoms with Crippen molar-refractivity contribution in [3.05, 3.63) is 41.2 Å². The maximum Gasteiger partial charge on any atom is 0.226 e. The number of aromatic nitrogens is 3. The number of para-hydroxylation sites is 1. The van der Waals surface area contributed by atoms with Crippen LogP contribution in [0.5, 0.6) is 0 Å². The maximum absolute atomic E-state index is 11.8. The Labute approximate surface area is 115 Å². The van der Waals surface area contributed by atoms with Crippen molar-refractivity contribution >= 4 is 23.2 Å². The molecule has 0 saturated carbocycles. The van der Waals surface area contributed by atoms with Crippen LogP contribution in [-0.4, -0.2) is 20.9 Å². The lowest BCUT2D eigenvalue weighted by atomic mass is 10.3. The van der Waals surface area contributed by atoms with E-state index in [1.165, 1.54) is 0 Å². The molecule has 1 aromatic heterocycles. The average Bonchev–Trinajstić information content (AvgIpc) is 2.87. The highest BCUT2D eigenvalue weighted by molar-refractivity contribution is 6.33. The third-order valence-electron chi connectivity index (χ3n) is 2.51. The molecule has 0 atom stereocenters. The highest BCUT2D eigenvalue weighted by Crippen LogP contribution is 2.20. The third kappa shape index (κ3) is 3.77. The lowest BCUT2D eigenvalue weighted by molar-refractivity contribution is -0.116. The van der Waals surface area contributed by atoms with E-state index in [9.17, 15) is 4.79 Å². The van der Waals surface area contributed by atoms with Crippen LogP contribution in [-0.2, 0) is 17.9 Å². The first kappa shape index (κ1) is 13.5. The van der Waals surface area contributed by atoms with Gasteiger partial charge in [-0.3, -0.25) is 9.48 Å². The van der Waals surface area contributed by atoms with Crippen LogP contribution in [0.1, 0.15) is 12.1 Å². The number of anilines is 1. The Kier molecular flexibility index (Phi) is 4.48. The van der Waals surface area contributed by atoms with Crippen molar-refractivity contribution in [2.75, 3.05) is 5.32 Å². The van der Waals surface area contributed by atoms with Crippen LogP contribution in [0.15, 0.2) is 30.5 Å². The number of amides is 1. The van der Waals surface area contributed by atoms with Crippen molar-refractivity contribution in [2.24, 2.45) is 5.73 Å². The van der Waals surface area contributed by atoms with Gasteiger partial charge in [-0.2, -0.15) is 0 Å². The Balaban J connectivity index is 1.86. The number of rotatable bonds is 5. The summed E-state index contributed by atoms with van der Waals surface area (Å²) in [6.07, 6.45) is 2.02. The molecule has 0 bridgehead atoms. The standard InChI is InChI=1S/C12H14ClN5O/c13-10-3-1-2-4-11(10)15-12(19)5-6-18-8-9(7-14)16-17-18/h1-4,8H,5-7,14H2,(H,15,19). The molecule has 0 radical (unpaired) electrons. The summed E-state index contributed by atoms with van der Waals surface area (Å²) in [4.78, 5) is 11.8. The highest BCUT2D eigenvalue weighted by atomic mass is 35.5. The van der Waals surface area contributed by atoms with Gasteiger partial charge in [0.2, 0.25) is 5.91 Å². The molecule has 1 amide bonds. The van der Waals surface area contributed by atoms with Gasteiger partial charge in [-0.25, -0.2) is 0 Å². The highest BCUT2D eigenvalue weighted by Gasteiger charge is 2.06. The summed E-state index contributed by atoms with van der Waals surface area (Å²) in [5.41, 5.74) is 6.74. The Morgan fingerprint density at radius 1 is 1.42 bits per heavy atom. The molecule has 1 aromatic carbocycles. The van der Waals surface area contributed by atoms with Crippen molar-refractivity contribution < 1.29 is 4.79 Å². The summed E-state index contributed by atoms with van der Waals surface area (Å²) in [6, 6.07) is 7.10. The minimum absolute atomic E-state index is 0.127. The second kappa shape index (κ2) is 6.31. The number of nitrogens with zero attached hydrogens (tertiary/aromatic N) is 3. The Bertz CT molecular complexity index is 569. The summed E-state index contributed by atoms with van der Waals surface area (Å²) in [6.45, 7) is 0.787. The lowest BCUT2D eigenvalue weighted by Gasteiger charge is -2.06. The van der Waals surface area contributed by atoms with Gasteiger partial charge in [0.1, 0.15) is 0 Å². The average molecular weight is 280 g/mol. The summed E-state index contributed by atoms with van der Waals surface area (Å²) >= 11 is 5.95. The van der Waals surface area contributed by atoms with Gasteiger partial charge in [0.15, 0.2) is 0 Å². The van der Waals surface area contributed by atoms with Crippen molar-refractivity contribution in [3.8, 4) is 0 Å². The summed E-state index contributed by atoms with van der Waals surface area (Å²) in [7, 11) is 0. The summed E-state index contributed by atoms with van der Waals surface area (Å²) in [5, 5.41) is 11.0. The van der Waals surface area contributed by atoms with E-state index >= 15 is 0 Å². The molecule has 1 heterocycles. The topological polar surface area (TPSA) is 85.8 Å². The largest absolute Gasteiger partial charge is 0.325 e. The number of nitrogens with two attached hydrogens (primary N) is 1. The number of halogens is 1. The Morgan fingerprint density at radius 3 is 2.89 bits per heavy atom. The fourth-order valence-corrected chi connectivity index (χ4v) is 1.72. The number of carbonyl (C=O) groups is 1. The van der Waals surface area contributed by atoms with Gasteiger partial charge in [0, 0.05) is 19.2 Å². The first-order chi connectivity index (χ1) is 9.19. The fraction of sp³-hybridized carbons (Fsp3) is 0.250. The van der Waals surface area contributed by atoms with Crippen LogP contribution in [0.4, 0.5) is 5.69 Å². The van der Waals surface area contributed by atoms with Crippen LogP contribution < -0.4 is 11.1 Å². The SMILES string of the molecule is NCc1cn(CCC(=O)Nc2ccccc2Cl)nn1. The van der Waals surface area contributed by atoms with E-state index in [2.05, 4.69) is 15.6 Å². The number of hydrogen-bond donors (Lipinski definition) is 2. The number of carbonyl (C=O) groups excluding carboxylic acids is 1. The fourth-order valence-electron chi connectivity index (χ4n) is 1.53. The number of hydrogen-bond acceptors (Lipinski definition) is 4. The van der Waals surface area contributed by atoms with Gasteiger partial charge in [0.05, 0.1) is 22.9 Å². The zero-order chi connectivity index (χ0) is 13.7. The zero-order valence-electron chi connectivity index (χ0n) is 10.2. The van der Waals surface area contributed by atoms with Gasteiger partial charge in [-0.05, 0) is 12.1 Å². The quantitative estimate of drug-likeness (QED) is 0.867. The first-order valence-corrected chi connectivity index (χ1v) is 6.20. The number of nitrogens with one attached hydrogen (secondary N) is 1. The molecule has 0 aliphatic carbocycles. The van der Waals surface area contributed by atoms with Crippen LogP contribution in [0.2, 0.25) is 5.02 Å². The zero-order valence-corrected chi connectivity index (χ0v) is 11.0. The minimum Gasteiger partial charge on any atom is -0.325 e. The predicted octanol–water partition coefficient (Wildman–Crippen LogP) is 1.42. The molecular formula is C12H14ClN5O. The molecule has 3 N–H and O–H groups in total. The first-order valence-electron chi connectivity index (χ1n) is 5.82. The van der Waals surface area contributed by atoms with E-state index in [-0.39, 0.29) is 5.91 Å². The molecule has 0 aliphatic heterocycles. The number of benzene rings is 1. The Morgan fingerprint density at radius 2 is 2.21 bits per heavy atom. The maximum atomic E-state index is 11.8. The van der Waals surface area contributed by atoms with Crippen molar-refractivity contribution in [3.63, 3.8) is 0 Å². The third-order valence-corrected chi connectivity index (χ3v) is 2.84. The van der Waals surface area contributed by atoms with E-state index in [1.807, 2.05) is 12.1 Å². The second-order valence-electron chi connectivity index (χ2n) is 3.96.